The third-order valence-electron chi connectivity index (χ3n) is 2.23. The lowest BCUT2D eigenvalue weighted by Gasteiger charge is -2.08. The number of anilines is 2. The Morgan fingerprint density at radius 1 is 1.32 bits per heavy atom. The number of amides is 1. The summed E-state index contributed by atoms with van der Waals surface area (Å²) >= 11 is 0. The lowest BCUT2D eigenvalue weighted by Crippen LogP contribution is -2.20. The number of hydrogen-bond acceptors (Lipinski definition) is 4. The van der Waals surface area contributed by atoms with Gasteiger partial charge in [0.2, 0.25) is 5.91 Å². The Labute approximate surface area is 114 Å². The quantitative estimate of drug-likeness (QED) is 0.556. The Morgan fingerprint density at radius 3 is 2.74 bits per heavy atom. The van der Waals surface area contributed by atoms with E-state index in [-0.39, 0.29) is 12.5 Å². The molecule has 0 fully saturated rings. The van der Waals surface area contributed by atoms with Crippen LogP contribution in [0.25, 0.3) is 0 Å². The van der Waals surface area contributed by atoms with Gasteiger partial charge in [0.15, 0.2) is 0 Å². The van der Waals surface area contributed by atoms with Gasteiger partial charge in [-0.05, 0) is 24.1 Å². The largest absolute Gasteiger partial charge is 0.399 e. The molecule has 19 heavy (non-hydrogen) atoms. The maximum absolute atomic E-state index is 11.5. The van der Waals surface area contributed by atoms with Gasteiger partial charge in [0.25, 0.3) is 0 Å². The molecule has 0 aliphatic carbocycles. The summed E-state index contributed by atoms with van der Waals surface area (Å²) in [5, 5.41) is 2.71. The van der Waals surface area contributed by atoms with Crippen molar-refractivity contribution in [1.82, 2.24) is 0 Å². The molecule has 3 N–H and O–H groups in total. The Kier molecular flexibility index (Phi) is 6.92. The van der Waals surface area contributed by atoms with Crippen LogP contribution in [0.2, 0.25) is 0 Å². The molecule has 0 bridgehead atoms. The average Bonchev–Trinajstić information content (AvgIpc) is 2.33. The molecule has 0 aliphatic rings. The molecule has 5 nitrogen and oxygen atoms in total. The standard InChI is InChI=1S/C14H22N2O3/c1-11(2)9-18-6-7-19-10-14(17)16-13-5-3-4-12(15)8-13/h3-5,8,11H,6-7,9-10,15H2,1-2H3,(H,16,17). The van der Waals surface area contributed by atoms with E-state index >= 15 is 0 Å². The van der Waals surface area contributed by atoms with Crippen molar-refractivity contribution in [3.05, 3.63) is 24.3 Å². The zero-order chi connectivity index (χ0) is 14.1. The SMILES string of the molecule is CC(C)COCCOCC(=O)Nc1cccc(N)c1. The molecule has 5 heteroatoms. The van der Waals surface area contributed by atoms with Gasteiger partial charge < -0.3 is 20.5 Å². The molecule has 1 aromatic rings. The summed E-state index contributed by atoms with van der Waals surface area (Å²) in [5.74, 6) is 0.307. The van der Waals surface area contributed by atoms with E-state index < -0.39 is 0 Å². The summed E-state index contributed by atoms with van der Waals surface area (Å²) in [4.78, 5) is 11.5. The molecular formula is C14H22N2O3. The Morgan fingerprint density at radius 2 is 2.05 bits per heavy atom. The number of hydrogen-bond donors (Lipinski definition) is 2. The molecule has 0 aliphatic heterocycles. The smallest absolute Gasteiger partial charge is 0.250 e. The van der Waals surface area contributed by atoms with Crippen molar-refractivity contribution in [2.75, 3.05) is 37.5 Å². The highest BCUT2D eigenvalue weighted by Gasteiger charge is 2.02. The third kappa shape index (κ3) is 7.43. The number of benzene rings is 1. The first-order valence-corrected chi connectivity index (χ1v) is 6.39. The molecule has 1 aromatic carbocycles. The minimum atomic E-state index is -0.200. The van der Waals surface area contributed by atoms with E-state index in [1.54, 1.807) is 24.3 Å². The van der Waals surface area contributed by atoms with Crippen LogP contribution in [0.15, 0.2) is 24.3 Å². The van der Waals surface area contributed by atoms with Crippen molar-refractivity contribution in [3.8, 4) is 0 Å². The maximum atomic E-state index is 11.5. The van der Waals surface area contributed by atoms with Gasteiger partial charge in [0.1, 0.15) is 6.61 Å². The van der Waals surface area contributed by atoms with Crippen LogP contribution in [0.3, 0.4) is 0 Å². The van der Waals surface area contributed by atoms with E-state index in [9.17, 15) is 4.79 Å². The maximum Gasteiger partial charge on any atom is 0.250 e. The van der Waals surface area contributed by atoms with Crippen LogP contribution in [-0.4, -0.2) is 32.3 Å². The van der Waals surface area contributed by atoms with Gasteiger partial charge in [-0.25, -0.2) is 0 Å². The molecule has 1 amide bonds. The van der Waals surface area contributed by atoms with Gasteiger partial charge in [0, 0.05) is 18.0 Å². The normalized spacial score (nSPS) is 10.7. The van der Waals surface area contributed by atoms with Crippen molar-refractivity contribution in [2.24, 2.45) is 5.92 Å². The fourth-order valence-electron chi connectivity index (χ4n) is 1.42. The second-order valence-electron chi connectivity index (χ2n) is 4.69. The minimum Gasteiger partial charge on any atom is -0.399 e. The summed E-state index contributed by atoms with van der Waals surface area (Å²) < 4.78 is 10.5. The van der Waals surface area contributed by atoms with Crippen molar-refractivity contribution in [3.63, 3.8) is 0 Å². The number of nitrogens with two attached hydrogens (primary N) is 1. The van der Waals surface area contributed by atoms with Gasteiger partial charge >= 0.3 is 0 Å². The first kappa shape index (κ1) is 15.5. The number of nitrogen functional groups attached to an aromatic ring is 1. The second kappa shape index (κ2) is 8.50. The lowest BCUT2D eigenvalue weighted by molar-refractivity contribution is -0.121. The summed E-state index contributed by atoms with van der Waals surface area (Å²) in [7, 11) is 0. The topological polar surface area (TPSA) is 73.6 Å². The lowest BCUT2D eigenvalue weighted by atomic mass is 10.2. The van der Waals surface area contributed by atoms with Crippen LogP contribution in [0.5, 0.6) is 0 Å². The van der Waals surface area contributed by atoms with E-state index in [4.69, 9.17) is 15.2 Å². The van der Waals surface area contributed by atoms with Crippen LogP contribution < -0.4 is 11.1 Å². The highest BCUT2D eigenvalue weighted by Crippen LogP contribution is 2.11. The van der Waals surface area contributed by atoms with Crippen molar-refractivity contribution < 1.29 is 14.3 Å². The number of ether oxygens (including phenoxy) is 2. The van der Waals surface area contributed by atoms with Crippen molar-refractivity contribution >= 4 is 17.3 Å². The summed E-state index contributed by atoms with van der Waals surface area (Å²) in [6.07, 6.45) is 0. The fourth-order valence-corrected chi connectivity index (χ4v) is 1.42. The summed E-state index contributed by atoms with van der Waals surface area (Å²) in [6, 6.07) is 7.02. The molecule has 0 heterocycles. The summed E-state index contributed by atoms with van der Waals surface area (Å²) in [5.41, 5.74) is 6.90. The molecule has 0 saturated carbocycles. The van der Waals surface area contributed by atoms with Gasteiger partial charge in [-0.3, -0.25) is 4.79 Å². The van der Waals surface area contributed by atoms with Gasteiger partial charge in [-0.2, -0.15) is 0 Å². The first-order valence-electron chi connectivity index (χ1n) is 6.39. The second-order valence-corrected chi connectivity index (χ2v) is 4.69. The molecule has 0 atom stereocenters. The van der Waals surface area contributed by atoms with Crippen LogP contribution in [0, 0.1) is 5.92 Å². The van der Waals surface area contributed by atoms with E-state index in [1.165, 1.54) is 0 Å². The van der Waals surface area contributed by atoms with E-state index in [2.05, 4.69) is 19.2 Å². The molecule has 0 saturated heterocycles. The highest BCUT2D eigenvalue weighted by atomic mass is 16.5. The number of carbonyl (C=O) groups is 1. The minimum absolute atomic E-state index is 0.0137. The molecule has 0 aromatic heterocycles. The Hall–Kier alpha value is -1.59. The third-order valence-corrected chi connectivity index (χ3v) is 2.23. The van der Waals surface area contributed by atoms with Crippen molar-refractivity contribution in [1.29, 1.82) is 0 Å². The number of rotatable bonds is 8. The average molecular weight is 266 g/mol. The molecular weight excluding hydrogens is 244 g/mol. The molecule has 0 spiro atoms. The van der Waals surface area contributed by atoms with Crippen molar-refractivity contribution in [2.45, 2.75) is 13.8 Å². The molecule has 0 unspecified atom stereocenters. The van der Waals surface area contributed by atoms with Gasteiger partial charge in [-0.15, -0.1) is 0 Å². The molecule has 0 radical (unpaired) electrons. The Balaban J connectivity index is 2.11. The van der Waals surface area contributed by atoms with E-state index in [1.807, 2.05) is 0 Å². The number of nitrogens with one attached hydrogen (secondary N) is 1. The van der Waals surface area contributed by atoms with Gasteiger partial charge in [0.05, 0.1) is 13.2 Å². The van der Waals surface area contributed by atoms with Crippen LogP contribution in [0.4, 0.5) is 11.4 Å². The summed E-state index contributed by atoms with van der Waals surface area (Å²) in [6.45, 7) is 5.80. The zero-order valence-corrected chi connectivity index (χ0v) is 11.5. The van der Waals surface area contributed by atoms with Crippen LogP contribution in [0.1, 0.15) is 13.8 Å². The highest BCUT2D eigenvalue weighted by molar-refractivity contribution is 5.92. The molecule has 1 rings (SSSR count). The molecule has 106 valence electrons. The predicted molar refractivity (Wildman–Crippen MR) is 76.0 cm³/mol. The number of carbonyl (C=O) groups excluding carboxylic acids is 1. The first-order chi connectivity index (χ1) is 9.08. The Bertz CT molecular complexity index is 394. The van der Waals surface area contributed by atoms with Crippen LogP contribution in [-0.2, 0) is 14.3 Å². The predicted octanol–water partition coefficient (Wildman–Crippen LogP) is 1.90. The zero-order valence-electron chi connectivity index (χ0n) is 11.5. The van der Waals surface area contributed by atoms with Gasteiger partial charge in [-0.1, -0.05) is 19.9 Å². The van der Waals surface area contributed by atoms with E-state index in [0.717, 1.165) is 0 Å². The van der Waals surface area contributed by atoms with Crippen LogP contribution >= 0.6 is 0 Å². The fraction of sp³-hybridized carbons (Fsp3) is 0.500. The monoisotopic (exact) mass is 266 g/mol. The van der Waals surface area contributed by atoms with E-state index in [0.29, 0.717) is 37.1 Å².